The van der Waals surface area contributed by atoms with E-state index in [1.165, 1.54) is 12.8 Å². The summed E-state index contributed by atoms with van der Waals surface area (Å²) in [7, 11) is 0. The lowest BCUT2D eigenvalue weighted by molar-refractivity contribution is 0.163. The highest BCUT2D eigenvalue weighted by atomic mass is 16.5. The number of rotatable bonds is 5. The molecule has 2 aromatic rings. The van der Waals surface area contributed by atoms with Crippen LogP contribution in [0.5, 0.6) is 0 Å². The molecular formula is C14H22N6O. The van der Waals surface area contributed by atoms with Gasteiger partial charge in [0.05, 0.1) is 13.1 Å². The second-order valence-electron chi connectivity index (χ2n) is 5.44. The summed E-state index contributed by atoms with van der Waals surface area (Å²) in [5.74, 6) is 2.38. The Balaban J connectivity index is 1.65. The molecule has 2 aromatic heterocycles. The first-order valence-electron chi connectivity index (χ1n) is 7.55. The molecule has 2 N–H and O–H groups in total. The van der Waals surface area contributed by atoms with Crippen molar-refractivity contribution >= 4 is 0 Å². The number of nitrogens with two attached hydrogens (primary N) is 1. The Morgan fingerprint density at radius 2 is 2.38 bits per heavy atom. The van der Waals surface area contributed by atoms with Gasteiger partial charge in [0.15, 0.2) is 5.82 Å². The van der Waals surface area contributed by atoms with Gasteiger partial charge in [-0.3, -0.25) is 4.90 Å². The van der Waals surface area contributed by atoms with Crippen molar-refractivity contribution in [1.82, 2.24) is 24.6 Å². The van der Waals surface area contributed by atoms with E-state index in [1.807, 2.05) is 6.20 Å². The maximum atomic E-state index is 5.49. The third kappa shape index (κ3) is 3.14. The molecule has 0 aliphatic carbocycles. The number of piperidine rings is 1. The molecule has 1 aliphatic heterocycles. The number of hydrogen-bond donors (Lipinski definition) is 1. The zero-order chi connectivity index (χ0) is 14.7. The van der Waals surface area contributed by atoms with Gasteiger partial charge in [-0.1, -0.05) is 12.1 Å². The van der Waals surface area contributed by atoms with Crippen LogP contribution in [0.3, 0.4) is 0 Å². The van der Waals surface area contributed by atoms with Crippen LogP contribution in [0.15, 0.2) is 16.9 Å². The van der Waals surface area contributed by atoms with Gasteiger partial charge in [0, 0.05) is 31.4 Å². The van der Waals surface area contributed by atoms with Crippen molar-refractivity contribution in [2.75, 3.05) is 13.1 Å². The summed E-state index contributed by atoms with van der Waals surface area (Å²) in [6.45, 7) is 5.22. The largest absolute Gasteiger partial charge is 0.338 e. The van der Waals surface area contributed by atoms with Crippen molar-refractivity contribution < 1.29 is 4.52 Å². The van der Waals surface area contributed by atoms with Gasteiger partial charge in [-0.2, -0.15) is 4.98 Å². The molecule has 1 saturated heterocycles. The Bertz CT molecular complexity index is 578. The average molecular weight is 290 g/mol. The molecule has 0 aromatic carbocycles. The molecule has 7 heteroatoms. The smallest absolute Gasteiger partial charge is 0.240 e. The van der Waals surface area contributed by atoms with E-state index >= 15 is 0 Å². The quantitative estimate of drug-likeness (QED) is 0.888. The van der Waals surface area contributed by atoms with Crippen LogP contribution in [-0.2, 0) is 19.5 Å². The van der Waals surface area contributed by atoms with Crippen LogP contribution in [0, 0.1) is 0 Å². The minimum Gasteiger partial charge on any atom is -0.338 e. The second-order valence-corrected chi connectivity index (χ2v) is 5.44. The number of imidazole rings is 1. The lowest BCUT2D eigenvalue weighted by Gasteiger charge is -2.33. The molecule has 0 bridgehead atoms. The molecule has 1 unspecified atom stereocenters. The van der Waals surface area contributed by atoms with Crippen LogP contribution in [0.2, 0.25) is 0 Å². The molecule has 0 radical (unpaired) electrons. The summed E-state index contributed by atoms with van der Waals surface area (Å²) in [5.41, 5.74) is 5.49. The molecule has 3 heterocycles. The van der Waals surface area contributed by atoms with Crippen LogP contribution in [-0.4, -0.2) is 37.7 Å². The highest BCUT2D eigenvalue weighted by molar-refractivity contribution is 4.97. The number of likely N-dealkylation sites (tertiary alicyclic amines) is 1. The molecule has 1 fully saturated rings. The summed E-state index contributed by atoms with van der Waals surface area (Å²) < 4.78 is 7.38. The van der Waals surface area contributed by atoms with Crippen LogP contribution < -0.4 is 5.73 Å². The lowest BCUT2D eigenvalue weighted by Crippen LogP contribution is -2.36. The summed E-state index contributed by atoms with van der Waals surface area (Å²) >= 11 is 0. The highest BCUT2D eigenvalue weighted by Gasteiger charge is 2.23. The standard InChI is InChI=1S/C14H22N6O/c1-2-13-16-5-7-20(13)11-4-3-6-19(9-11)10-12-17-14(8-15)21-18-12/h5,7,11H,2-4,6,8-10,15H2,1H3. The minimum atomic E-state index is 0.296. The van der Waals surface area contributed by atoms with Crippen LogP contribution >= 0.6 is 0 Å². The summed E-state index contributed by atoms with van der Waals surface area (Å²) in [6, 6.07) is 0.483. The number of nitrogens with zero attached hydrogens (tertiary/aromatic N) is 5. The van der Waals surface area contributed by atoms with Gasteiger partial charge in [-0.25, -0.2) is 4.98 Å². The molecule has 21 heavy (non-hydrogen) atoms. The third-order valence-electron chi connectivity index (χ3n) is 3.99. The Kier molecular flexibility index (Phi) is 4.31. The maximum Gasteiger partial charge on any atom is 0.240 e. The molecule has 0 amide bonds. The van der Waals surface area contributed by atoms with Crippen molar-refractivity contribution in [3.05, 3.63) is 29.9 Å². The van der Waals surface area contributed by atoms with Crippen LogP contribution in [0.1, 0.15) is 43.3 Å². The molecule has 7 nitrogen and oxygen atoms in total. The molecular weight excluding hydrogens is 268 g/mol. The van der Waals surface area contributed by atoms with Gasteiger partial charge in [-0.05, 0) is 19.4 Å². The molecule has 0 spiro atoms. The molecule has 0 saturated carbocycles. The second kappa shape index (κ2) is 6.36. The zero-order valence-corrected chi connectivity index (χ0v) is 12.4. The van der Waals surface area contributed by atoms with Gasteiger partial charge in [0.1, 0.15) is 5.82 Å². The maximum absolute atomic E-state index is 5.49. The normalized spacial score (nSPS) is 20.0. The van der Waals surface area contributed by atoms with E-state index < -0.39 is 0 Å². The first-order valence-corrected chi connectivity index (χ1v) is 7.55. The Hall–Kier alpha value is -1.73. The molecule has 3 rings (SSSR count). The Morgan fingerprint density at radius 1 is 1.48 bits per heavy atom. The summed E-state index contributed by atoms with van der Waals surface area (Å²) in [5, 5.41) is 3.98. The lowest BCUT2D eigenvalue weighted by atomic mass is 10.1. The fourth-order valence-electron chi connectivity index (χ4n) is 2.99. The van der Waals surface area contributed by atoms with Gasteiger partial charge in [-0.15, -0.1) is 0 Å². The fraction of sp³-hybridized carbons (Fsp3) is 0.643. The van der Waals surface area contributed by atoms with Crippen LogP contribution in [0.4, 0.5) is 0 Å². The third-order valence-corrected chi connectivity index (χ3v) is 3.99. The van der Waals surface area contributed by atoms with Crippen molar-refractivity contribution in [1.29, 1.82) is 0 Å². The van der Waals surface area contributed by atoms with E-state index in [4.69, 9.17) is 10.3 Å². The number of aromatic nitrogens is 4. The minimum absolute atomic E-state index is 0.296. The fourth-order valence-corrected chi connectivity index (χ4v) is 2.99. The molecule has 1 aliphatic rings. The van der Waals surface area contributed by atoms with Crippen molar-refractivity contribution in [3.63, 3.8) is 0 Å². The van der Waals surface area contributed by atoms with Crippen molar-refractivity contribution in [2.45, 2.75) is 45.3 Å². The highest BCUT2D eigenvalue weighted by Crippen LogP contribution is 2.23. The van der Waals surface area contributed by atoms with E-state index in [0.29, 0.717) is 18.5 Å². The number of hydrogen-bond acceptors (Lipinski definition) is 6. The van der Waals surface area contributed by atoms with E-state index in [2.05, 4.69) is 37.7 Å². The first kappa shape index (κ1) is 14.2. The predicted molar refractivity (Wildman–Crippen MR) is 77.3 cm³/mol. The predicted octanol–water partition coefficient (Wildman–Crippen LogP) is 1.12. The summed E-state index contributed by atoms with van der Waals surface area (Å²) in [4.78, 5) is 11.1. The molecule has 1 atom stereocenters. The summed E-state index contributed by atoms with van der Waals surface area (Å²) in [6.07, 6.45) is 7.32. The Labute approximate surface area is 124 Å². The average Bonchev–Trinajstić information content (AvgIpc) is 3.15. The van der Waals surface area contributed by atoms with Gasteiger partial charge in [0.2, 0.25) is 5.89 Å². The zero-order valence-electron chi connectivity index (χ0n) is 12.4. The first-order chi connectivity index (χ1) is 10.3. The monoisotopic (exact) mass is 290 g/mol. The van der Waals surface area contributed by atoms with E-state index in [0.717, 1.165) is 37.7 Å². The van der Waals surface area contributed by atoms with Gasteiger partial charge < -0.3 is 14.8 Å². The van der Waals surface area contributed by atoms with Gasteiger partial charge >= 0.3 is 0 Å². The van der Waals surface area contributed by atoms with E-state index in [1.54, 1.807) is 0 Å². The Morgan fingerprint density at radius 3 is 3.14 bits per heavy atom. The van der Waals surface area contributed by atoms with Crippen molar-refractivity contribution in [3.8, 4) is 0 Å². The number of aryl methyl sites for hydroxylation is 1. The van der Waals surface area contributed by atoms with Gasteiger partial charge in [0.25, 0.3) is 0 Å². The topological polar surface area (TPSA) is 86.0 Å². The molecule has 114 valence electrons. The van der Waals surface area contributed by atoms with E-state index in [9.17, 15) is 0 Å². The SMILES string of the molecule is CCc1nccn1C1CCCN(Cc2noc(CN)n2)C1. The van der Waals surface area contributed by atoms with Crippen molar-refractivity contribution in [2.24, 2.45) is 5.73 Å². The van der Waals surface area contributed by atoms with Crippen LogP contribution in [0.25, 0.3) is 0 Å². The van der Waals surface area contributed by atoms with E-state index in [-0.39, 0.29) is 0 Å².